The van der Waals surface area contributed by atoms with Crippen LogP contribution < -0.4 is 16.0 Å². The summed E-state index contributed by atoms with van der Waals surface area (Å²) >= 11 is 0. The van der Waals surface area contributed by atoms with E-state index in [1.807, 2.05) is 24.3 Å². The Bertz CT molecular complexity index is 960. The molecule has 1 heterocycles. The van der Waals surface area contributed by atoms with E-state index in [2.05, 4.69) is 10.6 Å². The van der Waals surface area contributed by atoms with Gasteiger partial charge < -0.3 is 16.0 Å². The molecule has 0 aromatic heterocycles. The van der Waals surface area contributed by atoms with Crippen LogP contribution in [-0.2, 0) is 16.0 Å². The van der Waals surface area contributed by atoms with Gasteiger partial charge in [0, 0.05) is 29.3 Å². The highest BCUT2D eigenvalue weighted by Crippen LogP contribution is 2.27. The molecule has 0 saturated heterocycles. The Morgan fingerprint density at radius 1 is 1.10 bits per heavy atom. The third kappa shape index (κ3) is 5.82. The van der Waals surface area contributed by atoms with Crippen molar-refractivity contribution in [3.05, 3.63) is 59.7 Å². The van der Waals surface area contributed by atoms with Crippen LogP contribution in [0.4, 0.5) is 24.5 Å². The highest BCUT2D eigenvalue weighted by atomic mass is 19.4. The minimum atomic E-state index is -4.51. The molecular weight excluding hydrogens is 399 g/mol. The lowest BCUT2D eigenvalue weighted by atomic mass is 9.89. The van der Waals surface area contributed by atoms with Gasteiger partial charge in [-0.05, 0) is 42.7 Å². The van der Waals surface area contributed by atoms with Crippen molar-refractivity contribution in [2.75, 3.05) is 17.2 Å². The normalized spacial score (nSPS) is 15.7. The number of para-hydroxylation sites is 1. The Labute approximate surface area is 170 Å². The summed E-state index contributed by atoms with van der Waals surface area (Å²) in [5, 5.41) is 7.22. The van der Waals surface area contributed by atoms with Gasteiger partial charge in [-0.25, -0.2) is 0 Å². The van der Waals surface area contributed by atoms with Gasteiger partial charge in [0.15, 0.2) is 0 Å². The van der Waals surface area contributed by atoms with Gasteiger partial charge in [0.1, 0.15) is 6.54 Å². The van der Waals surface area contributed by atoms with Crippen molar-refractivity contribution in [2.24, 2.45) is 5.92 Å². The van der Waals surface area contributed by atoms with Crippen LogP contribution in [0.15, 0.2) is 48.5 Å². The van der Waals surface area contributed by atoms with E-state index < -0.39 is 18.6 Å². The highest BCUT2D eigenvalue weighted by Gasteiger charge is 2.28. The molecule has 158 valence electrons. The number of hydrogen-bond donors (Lipinski definition) is 3. The van der Waals surface area contributed by atoms with E-state index in [0.717, 1.165) is 11.3 Å². The van der Waals surface area contributed by atoms with E-state index in [1.54, 1.807) is 5.32 Å². The van der Waals surface area contributed by atoms with Crippen LogP contribution in [0.3, 0.4) is 0 Å². The molecule has 0 spiro atoms. The number of nitrogens with one attached hydrogen (secondary N) is 3. The number of carbonyl (C=O) groups is 3. The van der Waals surface area contributed by atoms with Crippen molar-refractivity contribution < 1.29 is 27.6 Å². The predicted octanol–water partition coefficient (Wildman–Crippen LogP) is 3.51. The Morgan fingerprint density at radius 3 is 2.63 bits per heavy atom. The second-order valence-electron chi connectivity index (χ2n) is 7.01. The number of anilines is 2. The first-order chi connectivity index (χ1) is 14.2. The van der Waals surface area contributed by atoms with Crippen molar-refractivity contribution in [1.29, 1.82) is 0 Å². The van der Waals surface area contributed by atoms with Gasteiger partial charge in [-0.1, -0.05) is 24.3 Å². The monoisotopic (exact) mass is 419 g/mol. The van der Waals surface area contributed by atoms with Crippen LogP contribution in [-0.4, -0.2) is 30.4 Å². The molecule has 0 fully saturated rings. The summed E-state index contributed by atoms with van der Waals surface area (Å²) in [6.45, 7) is -1.44. The first-order valence-electron chi connectivity index (χ1n) is 9.35. The molecule has 2 aromatic rings. The molecule has 30 heavy (non-hydrogen) atoms. The van der Waals surface area contributed by atoms with E-state index in [0.29, 0.717) is 12.8 Å². The van der Waals surface area contributed by atoms with Gasteiger partial charge in [0.05, 0.1) is 0 Å². The minimum Gasteiger partial charge on any atom is -0.343 e. The molecule has 1 unspecified atom stereocenters. The first kappa shape index (κ1) is 21.4. The van der Waals surface area contributed by atoms with Crippen molar-refractivity contribution in [3.63, 3.8) is 0 Å². The van der Waals surface area contributed by atoms with E-state index in [4.69, 9.17) is 0 Å². The summed E-state index contributed by atoms with van der Waals surface area (Å²) < 4.78 is 36.7. The Hall–Kier alpha value is -3.36. The van der Waals surface area contributed by atoms with E-state index in [9.17, 15) is 27.6 Å². The molecule has 3 rings (SSSR count). The number of halogens is 3. The molecule has 1 aliphatic heterocycles. The Morgan fingerprint density at radius 2 is 1.87 bits per heavy atom. The fraction of sp³-hybridized carbons (Fsp3) is 0.286. The summed E-state index contributed by atoms with van der Waals surface area (Å²) in [6, 6.07) is 13.1. The number of hydrogen-bond acceptors (Lipinski definition) is 3. The van der Waals surface area contributed by atoms with Crippen molar-refractivity contribution in [3.8, 4) is 0 Å². The van der Waals surface area contributed by atoms with Crippen molar-refractivity contribution in [1.82, 2.24) is 5.32 Å². The zero-order chi connectivity index (χ0) is 21.7. The molecule has 1 aliphatic rings. The molecule has 0 bridgehead atoms. The molecule has 3 amide bonds. The summed E-state index contributed by atoms with van der Waals surface area (Å²) in [4.78, 5) is 36.3. The van der Waals surface area contributed by atoms with E-state index >= 15 is 0 Å². The summed E-state index contributed by atoms with van der Waals surface area (Å²) in [6.07, 6.45) is -3.53. The van der Waals surface area contributed by atoms with Crippen LogP contribution in [0.25, 0.3) is 0 Å². The van der Waals surface area contributed by atoms with Crippen LogP contribution in [0.1, 0.15) is 28.8 Å². The third-order valence-corrected chi connectivity index (χ3v) is 4.69. The van der Waals surface area contributed by atoms with Gasteiger partial charge in [-0.2, -0.15) is 13.2 Å². The maximum Gasteiger partial charge on any atom is 0.405 e. The fourth-order valence-corrected chi connectivity index (χ4v) is 3.20. The zero-order valence-electron chi connectivity index (χ0n) is 15.9. The number of benzene rings is 2. The lowest BCUT2D eigenvalue weighted by molar-refractivity contribution is -0.123. The number of alkyl halides is 3. The van der Waals surface area contributed by atoms with Crippen molar-refractivity contribution in [2.45, 2.75) is 25.4 Å². The van der Waals surface area contributed by atoms with E-state index in [1.165, 1.54) is 24.3 Å². The van der Waals surface area contributed by atoms with Crippen LogP contribution >= 0.6 is 0 Å². The summed E-state index contributed by atoms with van der Waals surface area (Å²) in [5.74, 6) is -1.70. The topological polar surface area (TPSA) is 87.3 Å². The molecule has 6 nitrogen and oxygen atoms in total. The van der Waals surface area contributed by atoms with E-state index in [-0.39, 0.29) is 35.4 Å². The molecule has 0 aliphatic carbocycles. The van der Waals surface area contributed by atoms with Gasteiger partial charge in [-0.15, -0.1) is 0 Å². The average Bonchev–Trinajstić information content (AvgIpc) is 2.70. The fourth-order valence-electron chi connectivity index (χ4n) is 3.20. The number of fused-ring (bicyclic) bond motifs is 1. The quantitative estimate of drug-likeness (QED) is 0.670. The average molecular weight is 419 g/mol. The highest BCUT2D eigenvalue weighted by molar-refractivity contribution is 5.98. The molecular formula is C21H20F3N3O3. The second-order valence-corrected chi connectivity index (χ2v) is 7.01. The zero-order valence-corrected chi connectivity index (χ0v) is 15.9. The smallest absolute Gasteiger partial charge is 0.343 e. The maximum atomic E-state index is 12.3. The maximum absolute atomic E-state index is 12.3. The van der Waals surface area contributed by atoms with Gasteiger partial charge in [-0.3, -0.25) is 14.4 Å². The lowest BCUT2D eigenvalue weighted by Crippen LogP contribution is -2.33. The van der Waals surface area contributed by atoms with Crippen molar-refractivity contribution >= 4 is 29.1 Å². The molecule has 1 atom stereocenters. The molecule has 0 radical (unpaired) electrons. The minimum absolute atomic E-state index is 0.000292. The largest absolute Gasteiger partial charge is 0.405 e. The van der Waals surface area contributed by atoms with Gasteiger partial charge in [0.2, 0.25) is 11.8 Å². The lowest BCUT2D eigenvalue weighted by Gasteiger charge is -2.24. The van der Waals surface area contributed by atoms with Crippen LogP contribution in [0, 0.1) is 5.92 Å². The van der Waals surface area contributed by atoms with Crippen LogP contribution in [0.5, 0.6) is 0 Å². The molecule has 0 saturated carbocycles. The number of amides is 3. The first-order valence-corrected chi connectivity index (χ1v) is 9.35. The Kier molecular flexibility index (Phi) is 6.39. The second kappa shape index (κ2) is 8.98. The summed E-state index contributed by atoms with van der Waals surface area (Å²) in [7, 11) is 0. The number of rotatable bonds is 6. The van der Waals surface area contributed by atoms with Gasteiger partial charge >= 0.3 is 6.18 Å². The predicted molar refractivity (Wildman–Crippen MR) is 105 cm³/mol. The number of carbonyl (C=O) groups excluding carboxylic acids is 3. The third-order valence-electron chi connectivity index (χ3n) is 4.69. The SMILES string of the molecule is O=C(CCC1Cc2ccccc2NC1=O)Nc1cccc(C(=O)NCC(F)(F)F)c1. The van der Waals surface area contributed by atoms with Crippen LogP contribution in [0.2, 0.25) is 0 Å². The Balaban J connectivity index is 1.53. The molecule has 2 aromatic carbocycles. The standard InChI is InChI=1S/C21H20F3N3O3/c22-21(23,24)12-25-19(29)14-5-3-6-16(11-14)26-18(28)9-8-15-10-13-4-1-2-7-17(13)27-20(15)30/h1-7,11,15H,8-10,12H2,(H,25,29)(H,26,28)(H,27,30). The van der Waals surface area contributed by atoms with Gasteiger partial charge in [0.25, 0.3) is 5.91 Å². The molecule has 3 N–H and O–H groups in total. The summed E-state index contributed by atoms with van der Waals surface area (Å²) in [5.41, 5.74) is 2.09. The molecule has 9 heteroatoms.